The Hall–Kier alpha value is -2.02. The number of hydrogen-bond donors (Lipinski definition) is 0. The Morgan fingerprint density at radius 1 is 1.38 bits per heavy atom. The van der Waals surface area contributed by atoms with Gasteiger partial charge in [0.2, 0.25) is 11.0 Å². The summed E-state index contributed by atoms with van der Waals surface area (Å²) in [5.41, 5.74) is 0.809. The van der Waals surface area contributed by atoms with Crippen LogP contribution in [0.2, 0.25) is 0 Å². The van der Waals surface area contributed by atoms with Gasteiger partial charge in [-0.05, 0) is 24.6 Å². The molecular formula is C14H15FN4OS. The molecular weight excluding hydrogens is 291 g/mol. The summed E-state index contributed by atoms with van der Waals surface area (Å²) in [6.07, 6.45) is 0. The first-order valence-electron chi connectivity index (χ1n) is 6.69. The maximum atomic E-state index is 13.2. The molecule has 1 aliphatic rings. The first kappa shape index (κ1) is 13.9. The van der Waals surface area contributed by atoms with Crippen molar-refractivity contribution >= 4 is 22.6 Å². The number of aromatic nitrogens is 2. The predicted octanol–water partition coefficient (Wildman–Crippen LogP) is 1.83. The highest BCUT2D eigenvalue weighted by molar-refractivity contribution is 7.09. The molecule has 5 nitrogen and oxygen atoms in total. The van der Waals surface area contributed by atoms with Crippen LogP contribution in [-0.4, -0.2) is 39.8 Å². The van der Waals surface area contributed by atoms with E-state index >= 15 is 0 Å². The second-order valence-electron chi connectivity index (χ2n) is 4.99. The number of anilines is 1. The van der Waals surface area contributed by atoms with Crippen LogP contribution in [0.4, 0.5) is 9.52 Å². The third-order valence-electron chi connectivity index (χ3n) is 3.37. The minimum Gasteiger partial charge on any atom is -0.336 e. The van der Waals surface area contributed by atoms with Crippen molar-refractivity contribution in [2.24, 2.45) is 0 Å². The lowest BCUT2D eigenvalue weighted by Gasteiger charge is -2.34. The molecule has 0 bridgehead atoms. The quantitative estimate of drug-likeness (QED) is 0.868. The zero-order chi connectivity index (χ0) is 14.8. The summed E-state index contributed by atoms with van der Waals surface area (Å²) in [6, 6.07) is 6.36. The molecule has 0 spiro atoms. The van der Waals surface area contributed by atoms with Crippen LogP contribution in [0.15, 0.2) is 24.3 Å². The van der Waals surface area contributed by atoms with Gasteiger partial charge in [0.05, 0.1) is 6.54 Å². The molecule has 110 valence electrons. The number of rotatable bonds is 3. The molecule has 0 atom stereocenters. The second kappa shape index (κ2) is 5.77. The molecule has 0 saturated carbocycles. The largest absolute Gasteiger partial charge is 0.336 e. The first-order chi connectivity index (χ1) is 10.1. The summed E-state index contributed by atoms with van der Waals surface area (Å²) >= 11 is 1.31. The lowest BCUT2D eigenvalue weighted by molar-refractivity contribution is -0.131. The Bertz CT molecular complexity index is 660. The summed E-state index contributed by atoms with van der Waals surface area (Å²) in [7, 11) is 0. The summed E-state index contributed by atoms with van der Waals surface area (Å²) in [5.74, 6) is 0.478. The number of hydrogen-bond acceptors (Lipinski definition) is 5. The van der Waals surface area contributed by atoms with Crippen molar-refractivity contribution in [1.82, 2.24) is 14.3 Å². The average molecular weight is 306 g/mol. The normalized spacial score (nSPS) is 15.6. The molecule has 1 fully saturated rings. The number of aryl methyl sites for hydroxylation is 1. The molecule has 1 aliphatic heterocycles. The first-order valence-corrected chi connectivity index (χ1v) is 7.46. The minimum absolute atomic E-state index is 0.0263. The fourth-order valence-corrected chi connectivity index (χ4v) is 3.01. The maximum Gasteiger partial charge on any atom is 0.242 e. The Morgan fingerprint density at radius 3 is 2.90 bits per heavy atom. The Morgan fingerprint density at radius 2 is 2.24 bits per heavy atom. The molecule has 1 aromatic heterocycles. The predicted molar refractivity (Wildman–Crippen MR) is 78.7 cm³/mol. The number of nitrogens with zero attached hydrogens (tertiary/aromatic N) is 4. The van der Waals surface area contributed by atoms with E-state index in [0.29, 0.717) is 19.6 Å². The molecule has 0 radical (unpaired) electrons. The fourth-order valence-electron chi connectivity index (χ4n) is 2.31. The van der Waals surface area contributed by atoms with E-state index in [4.69, 9.17) is 0 Å². The van der Waals surface area contributed by atoms with Gasteiger partial charge in [-0.3, -0.25) is 4.79 Å². The average Bonchev–Trinajstić information content (AvgIpc) is 2.88. The lowest BCUT2D eigenvalue weighted by Crippen LogP contribution is -2.50. The fraction of sp³-hybridized carbons (Fsp3) is 0.357. The molecule has 0 aliphatic carbocycles. The van der Waals surface area contributed by atoms with Crippen molar-refractivity contribution in [1.29, 1.82) is 0 Å². The summed E-state index contributed by atoms with van der Waals surface area (Å²) in [4.78, 5) is 20.2. The van der Waals surface area contributed by atoms with E-state index in [1.165, 1.54) is 23.7 Å². The van der Waals surface area contributed by atoms with Crippen LogP contribution in [0.1, 0.15) is 11.4 Å². The molecule has 3 rings (SSSR count). The van der Waals surface area contributed by atoms with Gasteiger partial charge >= 0.3 is 0 Å². The van der Waals surface area contributed by atoms with Crippen LogP contribution in [-0.2, 0) is 11.3 Å². The Labute approximate surface area is 126 Å². The Kier molecular flexibility index (Phi) is 3.83. The van der Waals surface area contributed by atoms with Gasteiger partial charge < -0.3 is 9.80 Å². The van der Waals surface area contributed by atoms with Crippen molar-refractivity contribution < 1.29 is 9.18 Å². The molecule has 21 heavy (non-hydrogen) atoms. The van der Waals surface area contributed by atoms with Crippen LogP contribution in [0, 0.1) is 12.7 Å². The van der Waals surface area contributed by atoms with E-state index in [-0.39, 0.29) is 11.7 Å². The van der Waals surface area contributed by atoms with Gasteiger partial charge in [0, 0.05) is 31.2 Å². The number of halogens is 1. The molecule has 2 heterocycles. The van der Waals surface area contributed by atoms with E-state index < -0.39 is 0 Å². The van der Waals surface area contributed by atoms with Crippen LogP contribution in [0.3, 0.4) is 0 Å². The van der Waals surface area contributed by atoms with E-state index in [2.05, 4.69) is 9.36 Å². The van der Waals surface area contributed by atoms with Crippen LogP contribution >= 0.6 is 11.5 Å². The van der Waals surface area contributed by atoms with Gasteiger partial charge in [-0.2, -0.15) is 4.37 Å². The standard InChI is InChI=1S/C14H15FN4OS/c1-10-16-14(21-17-10)19-6-5-18(13(20)9-19)8-11-3-2-4-12(15)7-11/h2-4,7H,5-6,8-9H2,1H3. The summed E-state index contributed by atoms with van der Waals surface area (Å²) in [5, 5.41) is 0.784. The van der Waals surface area contributed by atoms with E-state index in [1.807, 2.05) is 17.9 Å². The van der Waals surface area contributed by atoms with Crippen LogP contribution in [0.25, 0.3) is 0 Å². The molecule has 7 heteroatoms. The van der Waals surface area contributed by atoms with Crippen molar-refractivity contribution in [3.05, 3.63) is 41.5 Å². The van der Waals surface area contributed by atoms with E-state index in [9.17, 15) is 9.18 Å². The number of carbonyl (C=O) groups is 1. The number of piperazine rings is 1. The van der Waals surface area contributed by atoms with E-state index in [1.54, 1.807) is 11.0 Å². The van der Waals surface area contributed by atoms with Crippen molar-refractivity contribution in [3.63, 3.8) is 0 Å². The topological polar surface area (TPSA) is 49.3 Å². The third kappa shape index (κ3) is 3.18. The van der Waals surface area contributed by atoms with Gasteiger partial charge in [0.15, 0.2) is 0 Å². The second-order valence-corrected chi connectivity index (χ2v) is 5.72. The number of carbonyl (C=O) groups excluding carboxylic acids is 1. The molecule has 1 saturated heterocycles. The smallest absolute Gasteiger partial charge is 0.242 e. The van der Waals surface area contributed by atoms with Gasteiger partial charge in [0.1, 0.15) is 11.6 Å². The molecule has 0 N–H and O–H groups in total. The summed E-state index contributed by atoms with van der Waals surface area (Å²) in [6.45, 7) is 3.90. The zero-order valence-electron chi connectivity index (χ0n) is 11.6. The molecule has 1 aromatic carbocycles. The zero-order valence-corrected chi connectivity index (χ0v) is 12.4. The number of amides is 1. The van der Waals surface area contributed by atoms with Gasteiger partial charge in [-0.15, -0.1) is 0 Å². The minimum atomic E-state index is -0.275. The van der Waals surface area contributed by atoms with Crippen molar-refractivity contribution in [2.75, 3.05) is 24.5 Å². The molecule has 0 unspecified atom stereocenters. The van der Waals surface area contributed by atoms with E-state index in [0.717, 1.165) is 23.1 Å². The van der Waals surface area contributed by atoms with Crippen LogP contribution < -0.4 is 4.90 Å². The monoisotopic (exact) mass is 306 g/mol. The lowest BCUT2D eigenvalue weighted by atomic mass is 10.2. The number of benzene rings is 1. The van der Waals surface area contributed by atoms with Crippen molar-refractivity contribution in [3.8, 4) is 0 Å². The summed E-state index contributed by atoms with van der Waals surface area (Å²) < 4.78 is 17.3. The van der Waals surface area contributed by atoms with Gasteiger partial charge in [-0.1, -0.05) is 12.1 Å². The SMILES string of the molecule is Cc1nsc(N2CCN(Cc3cccc(F)c3)C(=O)C2)n1. The highest BCUT2D eigenvalue weighted by Crippen LogP contribution is 2.20. The maximum absolute atomic E-state index is 13.2. The third-order valence-corrected chi connectivity index (χ3v) is 4.24. The van der Waals surface area contributed by atoms with Crippen LogP contribution in [0.5, 0.6) is 0 Å². The molecule has 1 amide bonds. The highest BCUT2D eigenvalue weighted by atomic mass is 32.1. The van der Waals surface area contributed by atoms with Gasteiger partial charge in [-0.25, -0.2) is 9.37 Å². The van der Waals surface area contributed by atoms with Gasteiger partial charge in [0.25, 0.3) is 0 Å². The Balaban J connectivity index is 1.65. The molecule has 2 aromatic rings. The highest BCUT2D eigenvalue weighted by Gasteiger charge is 2.25. The van der Waals surface area contributed by atoms with Crippen molar-refractivity contribution in [2.45, 2.75) is 13.5 Å².